The van der Waals surface area contributed by atoms with E-state index in [9.17, 15) is 9.59 Å². The molecule has 0 aromatic heterocycles. The van der Waals surface area contributed by atoms with Crippen LogP contribution in [-0.2, 0) is 4.79 Å². The van der Waals surface area contributed by atoms with E-state index in [-0.39, 0.29) is 11.9 Å². The molecule has 148 valence electrons. The Balaban J connectivity index is 1.69. The Morgan fingerprint density at radius 1 is 0.964 bits per heavy atom. The van der Waals surface area contributed by atoms with Gasteiger partial charge in [-0.05, 0) is 31.9 Å². The van der Waals surface area contributed by atoms with E-state index in [1.807, 2.05) is 31.2 Å². The van der Waals surface area contributed by atoms with E-state index in [1.165, 1.54) is 0 Å². The number of anilines is 2. The molecule has 2 aromatic rings. The first-order valence-corrected chi connectivity index (χ1v) is 9.18. The van der Waals surface area contributed by atoms with Crippen LogP contribution in [0.4, 0.5) is 16.2 Å². The Labute approximate surface area is 164 Å². The highest BCUT2D eigenvalue weighted by molar-refractivity contribution is 5.99. The zero-order valence-electron chi connectivity index (χ0n) is 16.3. The van der Waals surface area contributed by atoms with Gasteiger partial charge in [-0.1, -0.05) is 17.7 Å². The van der Waals surface area contributed by atoms with Crippen LogP contribution in [0.2, 0.25) is 0 Å². The number of carbonyl (C=O) groups is 2. The first-order chi connectivity index (χ1) is 13.5. The summed E-state index contributed by atoms with van der Waals surface area (Å²) < 4.78 is 10.5. The summed E-state index contributed by atoms with van der Waals surface area (Å²) in [5, 5.41) is 5.73. The normalized spacial score (nSPS) is 15.8. The first kappa shape index (κ1) is 19.5. The number of amides is 3. The summed E-state index contributed by atoms with van der Waals surface area (Å²) in [7, 11) is 3.10. The van der Waals surface area contributed by atoms with E-state index >= 15 is 0 Å². The third-order valence-corrected chi connectivity index (χ3v) is 4.74. The number of likely N-dealkylation sites (tertiary alicyclic amines) is 1. The lowest BCUT2D eigenvalue weighted by Gasteiger charge is -2.24. The Morgan fingerprint density at radius 3 is 2.21 bits per heavy atom. The van der Waals surface area contributed by atoms with Gasteiger partial charge in [-0.15, -0.1) is 0 Å². The van der Waals surface area contributed by atoms with Gasteiger partial charge in [-0.2, -0.15) is 0 Å². The fourth-order valence-electron chi connectivity index (χ4n) is 3.22. The zero-order valence-corrected chi connectivity index (χ0v) is 16.3. The number of nitrogens with zero attached hydrogens (tertiary/aromatic N) is 1. The molecule has 0 unspecified atom stereocenters. The number of carbonyl (C=O) groups excluding carboxylic acids is 2. The molecule has 2 aromatic carbocycles. The van der Waals surface area contributed by atoms with Crippen LogP contribution >= 0.6 is 0 Å². The second-order valence-electron chi connectivity index (χ2n) is 6.74. The molecule has 7 nitrogen and oxygen atoms in total. The average Bonchev–Trinajstić information content (AvgIpc) is 3.19. The molecule has 3 amide bonds. The van der Waals surface area contributed by atoms with Gasteiger partial charge in [-0.3, -0.25) is 4.79 Å². The smallest absolute Gasteiger partial charge is 0.322 e. The summed E-state index contributed by atoms with van der Waals surface area (Å²) in [6.07, 6.45) is 1.40. The molecular weight excluding hydrogens is 358 g/mol. The molecular formula is C21H25N3O4. The predicted octanol–water partition coefficient (Wildman–Crippen LogP) is 3.65. The van der Waals surface area contributed by atoms with E-state index in [4.69, 9.17) is 9.47 Å². The van der Waals surface area contributed by atoms with Crippen LogP contribution in [0.3, 0.4) is 0 Å². The highest BCUT2D eigenvalue weighted by Gasteiger charge is 2.34. The lowest BCUT2D eigenvalue weighted by Crippen LogP contribution is -2.45. The molecule has 1 aliphatic heterocycles. The van der Waals surface area contributed by atoms with Gasteiger partial charge < -0.3 is 25.0 Å². The summed E-state index contributed by atoms with van der Waals surface area (Å²) in [6.45, 7) is 2.53. The number of methoxy groups -OCH3 is 2. The number of nitrogens with one attached hydrogen (secondary N) is 2. The van der Waals surface area contributed by atoms with Crippen LogP contribution < -0.4 is 20.1 Å². The fourth-order valence-corrected chi connectivity index (χ4v) is 3.22. The molecule has 3 rings (SSSR count). The maximum absolute atomic E-state index is 12.8. The van der Waals surface area contributed by atoms with Crippen LogP contribution in [0, 0.1) is 6.92 Å². The molecule has 0 radical (unpaired) electrons. The van der Waals surface area contributed by atoms with Crippen LogP contribution in [-0.4, -0.2) is 43.6 Å². The molecule has 7 heteroatoms. The SMILES string of the molecule is COc1cc(NC(=O)[C@H]2CCCN2C(=O)Nc2ccc(C)cc2)cc(OC)c1. The highest BCUT2D eigenvalue weighted by Crippen LogP contribution is 2.27. The van der Waals surface area contributed by atoms with Gasteiger partial charge in [0.2, 0.25) is 5.91 Å². The van der Waals surface area contributed by atoms with Gasteiger partial charge >= 0.3 is 6.03 Å². The molecule has 0 aliphatic carbocycles. The minimum atomic E-state index is -0.525. The van der Waals surface area contributed by atoms with Gasteiger partial charge in [0.15, 0.2) is 0 Å². The van der Waals surface area contributed by atoms with Gasteiger partial charge in [0.1, 0.15) is 17.5 Å². The van der Waals surface area contributed by atoms with E-state index in [1.54, 1.807) is 37.3 Å². The number of aryl methyl sites for hydroxylation is 1. The maximum atomic E-state index is 12.8. The van der Waals surface area contributed by atoms with Crippen molar-refractivity contribution in [2.24, 2.45) is 0 Å². The van der Waals surface area contributed by atoms with Crippen molar-refractivity contribution in [3.05, 3.63) is 48.0 Å². The van der Waals surface area contributed by atoms with E-state index < -0.39 is 6.04 Å². The average molecular weight is 383 g/mol. The first-order valence-electron chi connectivity index (χ1n) is 9.18. The molecule has 2 N–H and O–H groups in total. The summed E-state index contributed by atoms with van der Waals surface area (Å²) in [5.74, 6) is 0.928. The summed E-state index contributed by atoms with van der Waals surface area (Å²) in [5.41, 5.74) is 2.39. The lowest BCUT2D eigenvalue weighted by atomic mass is 10.2. The predicted molar refractivity (Wildman–Crippen MR) is 108 cm³/mol. The van der Waals surface area contributed by atoms with Crippen LogP contribution in [0.25, 0.3) is 0 Å². The number of ether oxygens (including phenoxy) is 2. The Kier molecular flexibility index (Phi) is 6.03. The monoisotopic (exact) mass is 383 g/mol. The van der Waals surface area contributed by atoms with Gasteiger partial charge in [0.05, 0.1) is 14.2 Å². The molecule has 0 spiro atoms. The molecule has 1 atom stereocenters. The molecule has 1 fully saturated rings. The van der Waals surface area contributed by atoms with Crippen molar-refractivity contribution in [3.8, 4) is 11.5 Å². The third kappa shape index (κ3) is 4.54. The summed E-state index contributed by atoms with van der Waals surface area (Å²) in [6, 6.07) is 11.9. The molecule has 0 saturated carbocycles. The van der Waals surface area contributed by atoms with E-state index in [0.29, 0.717) is 35.8 Å². The van der Waals surface area contributed by atoms with Crippen molar-refractivity contribution in [1.29, 1.82) is 0 Å². The number of urea groups is 1. The van der Waals surface area contributed by atoms with Crippen molar-refractivity contribution >= 4 is 23.3 Å². The van der Waals surface area contributed by atoms with Crippen LogP contribution in [0.1, 0.15) is 18.4 Å². The Hall–Kier alpha value is -3.22. The Morgan fingerprint density at radius 2 is 1.61 bits per heavy atom. The minimum Gasteiger partial charge on any atom is -0.497 e. The van der Waals surface area contributed by atoms with E-state index in [0.717, 1.165) is 12.0 Å². The van der Waals surface area contributed by atoms with Crippen molar-refractivity contribution in [2.45, 2.75) is 25.8 Å². The molecule has 0 bridgehead atoms. The topological polar surface area (TPSA) is 79.9 Å². The largest absolute Gasteiger partial charge is 0.497 e. The molecule has 1 heterocycles. The number of rotatable bonds is 5. The van der Waals surface area contributed by atoms with Crippen LogP contribution in [0.15, 0.2) is 42.5 Å². The van der Waals surface area contributed by atoms with E-state index in [2.05, 4.69) is 10.6 Å². The molecule has 28 heavy (non-hydrogen) atoms. The lowest BCUT2D eigenvalue weighted by molar-refractivity contribution is -0.119. The summed E-state index contributed by atoms with van der Waals surface area (Å²) >= 11 is 0. The molecule has 1 saturated heterocycles. The second-order valence-corrected chi connectivity index (χ2v) is 6.74. The van der Waals surface area contributed by atoms with Gasteiger partial charge in [-0.25, -0.2) is 4.79 Å². The van der Waals surface area contributed by atoms with Crippen LogP contribution in [0.5, 0.6) is 11.5 Å². The second kappa shape index (κ2) is 8.65. The minimum absolute atomic E-state index is 0.230. The van der Waals surface area contributed by atoms with Crippen molar-refractivity contribution in [2.75, 3.05) is 31.4 Å². The quantitative estimate of drug-likeness (QED) is 0.826. The fraction of sp³-hybridized carbons (Fsp3) is 0.333. The standard InChI is InChI=1S/C21H25N3O4/c1-14-6-8-15(9-7-14)23-21(26)24-10-4-5-19(24)20(25)22-16-11-17(27-2)13-18(12-16)28-3/h6-9,11-13,19H,4-5,10H2,1-3H3,(H,22,25)(H,23,26)/t19-/m1/s1. The zero-order chi connectivity index (χ0) is 20.1. The van der Waals surface area contributed by atoms with Crippen molar-refractivity contribution in [3.63, 3.8) is 0 Å². The molecule has 1 aliphatic rings. The number of benzene rings is 2. The third-order valence-electron chi connectivity index (χ3n) is 4.74. The number of hydrogen-bond acceptors (Lipinski definition) is 4. The highest BCUT2D eigenvalue weighted by atomic mass is 16.5. The maximum Gasteiger partial charge on any atom is 0.322 e. The van der Waals surface area contributed by atoms with Gasteiger partial charge in [0.25, 0.3) is 0 Å². The van der Waals surface area contributed by atoms with Crippen molar-refractivity contribution in [1.82, 2.24) is 4.90 Å². The van der Waals surface area contributed by atoms with Gasteiger partial charge in [0, 0.05) is 36.1 Å². The Bertz CT molecular complexity index is 829. The number of hydrogen-bond donors (Lipinski definition) is 2. The summed E-state index contributed by atoms with van der Waals surface area (Å²) in [4.78, 5) is 27.1. The van der Waals surface area contributed by atoms with Crippen molar-refractivity contribution < 1.29 is 19.1 Å².